The summed E-state index contributed by atoms with van der Waals surface area (Å²) in [6, 6.07) is 3.62. The van der Waals surface area contributed by atoms with Crippen LogP contribution in [0.3, 0.4) is 0 Å². The van der Waals surface area contributed by atoms with Crippen molar-refractivity contribution in [3.8, 4) is 11.5 Å². The van der Waals surface area contributed by atoms with Gasteiger partial charge in [0.25, 0.3) is 11.2 Å². The molecule has 0 atom stereocenters. The maximum atomic E-state index is 14.8. The minimum Gasteiger partial charge on any atom is -0.493 e. The van der Waals surface area contributed by atoms with Crippen LogP contribution in [0, 0.1) is 10.1 Å². The van der Waals surface area contributed by atoms with E-state index >= 15 is 0 Å². The second-order valence-electron chi connectivity index (χ2n) is 8.43. The third-order valence-electron chi connectivity index (χ3n) is 6.08. The predicted octanol–water partition coefficient (Wildman–Crippen LogP) is 3.68. The van der Waals surface area contributed by atoms with Gasteiger partial charge in [-0.1, -0.05) is 0 Å². The fourth-order valence-corrected chi connectivity index (χ4v) is 4.13. The average Bonchev–Trinajstić information content (AvgIpc) is 3.73. The molecule has 1 aromatic carbocycles. The second-order valence-corrected chi connectivity index (χ2v) is 8.43. The summed E-state index contributed by atoms with van der Waals surface area (Å²) in [7, 11) is 2.61. The lowest BCUT2D eigenvalue weighted by molar-refractivity contribution is -0.385. The molecule has 1 aromatic heterocycles. The quantitative estimate of drug-likeness (QED) is 0.301. The van der Waals surface area contributed by atoms with Gasteiger partial charge in [0.1, 0.15) is 18.0 Å². The first-order valence-electron chi connectivity index (χ1n) is 11.5. The van der Waals surface area contributed by atoms with Crippen LogP contribution in [0.1, 0.15) is 47.2 Å². The minimum atomic E-state index is -1.31. The van der Waals surface area contributed by atoms with Crippen LogP contribution in [0.5, 0.6) is 11.5 Å². The Morgan fingerprint density at radius 2 is 1.82 bits per heavy atom. The number of esters is 1. The maximum Gasteiger partial charge on any atom is 0.422 e. The molecule has 2 heterocycles. The molecule has 0 saturated heterocycles. The van der Waals surface area contributed by atoms with Crippen LogP contribution in [0.25, 0.3) is 0 Å². The summed E-state index contributed by atoms with van der Waals surface area (Å²) in [5, 5.41) is 22.1. The topological polar surface area (TPSA) is 160 Å². The Labute approximate surface area is 214 Å². The Bertz CT molecular complexity index is 1410. The number of allylic oxidation sites excluding steroid dienone is 1. The van der Waals surface area contributed by atoms with E-state index in [0.717, 1.165) is 10.6 Å². The standard InChI is InChI=1S/C24H24FN3O10/c1-4-37-23(31)15-8-14(12-5-6-12)20-26(21(15)29)10-16(25)22(30)27(20)24(32)38-11-13-7-18(35-2)19(36-3)9-17(13)28(33)34/h7-9,12,30H,4-6,10-11H2,1-3H3. The Balaban J connectivity index is 1.74. The number of nitro groups is 1. The van der Waals surface area contributed by atoms with Crippen molar-refractivity contribution in [2.45, 2.75) is 38.8 Å². The Kier molecular flexibility index (Phi) is 7.23. The Morgan fingerprint density at radius 3 is 2.39 bits per heavy atom. The highest BCUT2D eigenvalue weighted by atomic mass is 19.1. The van der Waals surface area contributed by atoms with Crippen molar-refractivity contribution < 1.29 is 43.0 Å². The predicted molar refractivity (Wildman–Crippen MR) is 128 cm³/mol. The number of pyridine rings is 1. The van der Waals surface area contributed by atoms with E-state index in [1.54, 1.807) is 6.92 Å². The summed E-state index contributed by atoms with van der Waals surface area (Å²) >= 11 is 0. The van der Waals surface area contributed by atoms with E-state index in [2.05, 4.69) is 0 Å². The maximum absolute atomic E-state index is 14.8. The third-order valence-corrected chi connectivity index (χ3v) is 6.08. The number of hydrogen-bond donors (Lipinski definition) is 1. The van der Waals surface area contributed by atoms with Gasteiger partial charge in [-0.3, -0.25) is 19.5 Å². The first kappa shape index (κ1) is 26.4. The number of fused-ring (bicyclic) bond motifs is 1. The summed E-state index contributed by atoms with van der Waals surface area (Å²) in [4.78, 5) is 50.0. The lowest BCUT2D eigenvalue weighted by Crippen LogP contribution is -2.42. The molecule has 0 radical (unpaired) electrons. The summed E-state index contributed by atoms with van der Waals surface area (Å²) in [5.41, 5.74) is -1.41. The molecule has 0 bridgehead atoms. The number of anilines is 1. The van der Waals surface area contributed by atoms with E-state index in [-0.39, 0.29) is 41.0 Å². The number of carbonyl (C=O) groups excluding carboxylic acids is 2. The number of benzene rings is 1. The molecule has 2 aromatic rings. The van der Waals surface area contributed by atoms with Crippen LogP contribution in [-0.4, -0.2) is 47.5 Å². The zero-order chi connectivity index (χ0) is 27.7. The molecule has 1 fully saturated rings. The van der Waals surface area contributed by atoms with Gasteiger partial charge in [-0.2, -0.15) is 4.90 Å². The van der Waals surface area contributed by atoms with Gasteiger partial charge < -0.3 is 24.1 Å². The largest absolute Gasteiger partial charge is 0.493 e. The number of amides is 1. The van der Waals surface area contributed by atoms with Gasteiger partial charge in [0.15, 0.2) is 17.3 Å². The van der Waals surface area contributed by atoms with Crippen LogP contribution in [0.4, 0.5) is 20.7 Å². The normalized spacial score (nSPS) is 14.6. The van der Waals surface area contributed by atoms with Gasteiger partial charge in [0.2, 0.25) is 5.88 Å². The number of ether oxygens (including phenoxy) is 4. The molecule has 0 spiro atoms. The molecular weight excluding hydrogens is 509 g/mol. The van der Waals surface area contributed by atoms with E-state index in [4.69, 9.17) is 18.9 Å². The highest BCUT2D eigenvalue weighted by Crippen LogP contribution is 2.46. The molecule has 1 aliphatic carbocycles. The lowest BCUT2D eigenvalue weighted by atomic mass is 10.1. The van der Waals surface area contributed by atoms with Crippen molar-refractivity contribution in [3.05, 3.63) is 67.1 Å². The van der Waals surface area contributed by atoms with Gasteiger partial charge >= 0.3 is 12.1 Å². The van der Waals surface area contributed by atoms with Crippen LogP contribution in [0.15, 0.2) is 34.7 Å². The van der Waals surface area contributed by atoms with E-state index in [1.165, 1.54) is 26.4 Å². The molecular formula is C24H24FN3O10. The number of aliphatic hydroxyl groups excluding tert-OH is 1. The first-order chi connectivity index (χ1) is 18.1. The molecule has 38 heavy (non-hydrogen) atoms. The number of hydrogen-bond acceptors (Lipinski definition) is 10. The molecule has 14 heteroatoms. The summed E-state index contributed by atoms with van der Waals surface area (Å²) in [6.07, 6.45) is 0.0304. The zero-order valence-corrected chi connectivity index (χ0v) is 20.7. The molecule has 1 saturated carbocycles. The van der Waals surface area contributed by atoms with Crippen molar-refractivity contribution >= 4 is 23.6 Å². The summed E-state index contributed by atoms with van der Waals surface area (Å²) < 4.78 is 36.0. The third kappa shape index (κ3) is 4.71. The van der Waals surface area contributed by atoms with Crippen LogP contribution >= 0.6 is 0 Å². The number of methoxy groups -OCH3 is 2. The van der Waals surface area contributed by atoms with E-state index in [0.29, 0.717) is 23.3 Å². The monoisotopic (exact) mass is 533 g/mol. The number of nitrogens with zero attached hydrogens (tertiary/aromatic N) is 3. The number of aromatic nitrogens is 1. The summed E-state index contributed by atoms with van der Waals surface area (Å²) in [6.45, 7) is 0.188. The summed E-state index contributed by atoms with van der Waals surface area (Å²) in [5.74, 6) is -3.33. The number of rotatable bonds is 8. The zero-order valence-electron chi connectivity index (χ0n) is 20.7. The minimum absolute atomic E-state index is 0.00850. The Hall–Kier alpha value is -4.62. The highest BCUT2D eigenvalue weighted by Gasteiger charge is 2.40. The van der Waals surface area contributed by atoms with Crippen molar-refractivity contribution in [1.82, 2.24) is 4.57 Å². The first-order valence-corrected chi connectivity index (χ1v) is 11.5. The molecule has 4 rings (SSSR count). The lowest BCUT2D eigenvalue weighted by Gasteiger charge is -2.30. The van der Waals surface area contributed by atoms with Gasteiger partial charge in [-0.15, -0.1) is 0 Å². The van der Waals surface area contributed by atoms with E-state index in [1.807, 2.05) is 0 Å². The van der Waals surface area contributed by atoms with Gasteiger partial charge in [0.05, 0.1) is 43.9 Å². The molecule has 0 unspecified atom stereocenters. The average molecular weight is 533 g/mol. The van der Waals surface area contributed by atoms with Crippen molar-refractivity contribution in [2.24, 2.45) is 0 Å². The van der Waals surface area contributed by atoms with Crippen LogP contribution in [-0.2, 0) is 22.6 Å². The fraction of sp³-hybridized carbons (Fsp3) is 0.375. The van der Waals surface area contributed by atoms with Gasteiger partial charge in [0, 0.05) is 0 Å². The molecule has 202 valence electrons. The van der Waals surface area contributed by atoms with Crippen molar-refractivity contribution in [3.63, 3.8) is 0 Å². The number of carbonyl (C=O) groups is 2. The molecule has 1 aliphatic heterocycles. The van der Waals surface area contributed by atoms with Crippen molar-refractivity contribution in [1.29, 1.82) is 0 Å². The number of halogens is 1. The number of nitro benzene ring substituents is 1. The van der Waals surface area contributed by atoms with E-state index in [9.17, 15) is 34.0 Å². The molecule has 1 amide bonds. The van der Waals surface area contributed by atoms with Crippen molar-refractivity contribution in [2.75, 3.05) is 25.7 Å². The van der Waals surface area contributed by atoms with Crippen LogP contribution < -0.4 is 19.9 Å². The number of aliphatic hydroxyl groups is 1. The molecule has 13 nitrogen and oxygen atoms in total. The molecule has 2 aliphatic rings. The smallest absolute Gasteiger partial charge is 0.422 e. The fourth-order valence-electron chi connectivity index (χ4n) is 4.13. The van der Waals surface area contributed by atoms with Crippen LogP contribution in [0.2, 0.25) is 0 Å². The Morgan fingerprint density at radius 1 is 1.16 bits per heavy atom. The van der Waals surface area contributed by atoms with E-state index < -0.39 is 53.1 Å². The van der Waals surface area contributed by atoms with Gasteiger partial charge in [-0.25, -0.2) is 14.0 Å². The SMILES string of the molecule is CCOC(=O)c1cc(C2CC2)c2n(c1=O)CC(F)=C(O)N2C(=O)OCc1cc(OC)c(OC)cc1[N+](=O)[O-]. The second kappa shape index (κ2) is 10.4. The highest BCUT2D eigenvalue weighted by molar-refractivity contribution is 5.94. The van der Waals surface area contributed by atoms with Gasteiger partial charge in [-0.05, 0) is 43.4 Å². The molecule has 1 N–H and O–H groups in total.